The lowest BCUT2D eigenvalue weighted by Gasteiger charge is -2.25. The Kier molecular flexibility index (Phi) is 4.14. The van der Waals surface area contributed by atoms with Crippen molar-refractivity contribution in [3.63, 3.8) is 0 Å². The number of nitrogens with two attached hydrogens (primary N) is 1. The molecule has 5 nitrogen and oxygen atoms in total. The zero-order valence-corrected chi connectivity index (χ0v) is 13.2. The van der Waals surface area contributed by atoms with Gasteiger partial charge in [-0.1, -0.05) is 12.1 Å². The molecule has 3 N–H and O–H groups in total. The second-order valence-electron chi connectivity index (χ2n) is 6.33. The van der Waals surface area contributed by atoms with Crippen molar-refractivity contribution in [3.05, 3.63) is 23.8 Å². The lowest BCUT2D eigenvalue weighted by molar-refractivity contribution is -0.124. The van der Waals surface area contributed by atoms with E-state index in [4.69, 9.17) is 15.2 Å². The fraction of sp³-hybridized carbons (Fsp3) is 0.562. The molecule has 1 heterocycles. The lowest BCUT2D eigenvalue weighted by atomic mass is 9.98. The zero-order chi connectivity index (χ0) is 15.7. The van der Waals surface area contributed by atoms with Gasteiger partial charge in [0, 0.05) is 18.4 Å². The van der Waals surface area contributed by atoms with Crippen molar-refractivity contribution in [1.29, 1.82) is 0 Å². The van der Waals surface area contributed by atoms with Gasteiger partial charge in [0.25, 0.3) is 0 Å². The van der Waals surface area contributed by atoms with Crippen molar-refractivity contribution in [2.24, 2.45) is 5.73 Å². The van der Waals surface area contributed by atoms with Crippen LogP contribution in [0.4, 0.5) is 0 Å². The van der Waals surface area contributed by atoms with E-state index >= 15 is 0 Å². The van der Waals surface area contributed by atoms with Gasteiger partial charge in [-0.2, -0.15) is 0 Å². The quantitative estimate of drug-likeness (QED) is 0.836. The molecule has 0 fully saturated rings. The van der Waals surface area contributed by atoms with Crippen LogP contribution in [-0.4, -0.2) is 30.7 Å². The maximum Gasteiger partial charge on any atom is 0.237 e. The Morgan fingerprint density at radius 2 is 2.24 bits per heavy atom. The van der Waals surface area contributed by atoms with E-state index in [2.05, 4.69) is 25.2 Å². The summed E-state index contributed by atoms with van der Waals surface area (Å²) in [4.78, 5) is 11.4. The molecule has 0 aliphatic carbocycles. The highest BCUT2D eigenvalue weighted by atomic mass is 16.5. The lowest BCUT2D eigenvalue weighted by Crippen LogP contribution is -2.52. The molecule has 0 saturated carbocycles. The summed E-state index contributed by atoms with van der Waals surface area (Å²) in [6.07, 6.45) is 1.36. The van der Waals surface area contributed by atoms with Gasteiger partial charge in [-0.05, 0) is 33.9 Å². The van der Waals surface area contributed by atoms with Gasteiger partial charge < -0.3 is 20.5 Å². The van der Waals surface area contributed by atoms with E-state index in [9.17, 15) is 4.79 Å². The van der Waals surface area contributed by atoms with E-state index in [0.29, 0.717) is 13.0 Å². The summed E-state index contributed by atoms with van der Waals surface area (Å²) in [6.45, 7) is 6.28. The molecule has 5 heteroatoms. The van der Waals surface area contributed by atoms with Gasteiger partial charge in [0.05, 0.1) is 12.1 Å². The number of primary amides is 1. The molecule has 0 aromatic heterocycles. The summed E-state index contributed by atoms with van der Waals surface area (Å²) in [5.74, 6) is 1.15. The molecule has 1 amide bonds. The van der Waals surface area contributed by atoms with E-state index < -0.39 is 5.54 Å². The number of amides is 1. The summed E-state index contributed by atoms with van der Waals surface area (Å²) < 4.78 is 11.8. The number of carbonyl (C=O) groups is 1. The summed E-state index contributed by atoms with van der Waals surface area (Å²) in [5, 5.41) is 2.94. The monoisotopic (exact) mass is 292 g/mol. The Morgan fingerprint density at radius 3 is 2.86 bits per heavy atom. The molecule has 116 valence electrons. The molecule has 1 unspecified atom stereocenters. The van der Waals surface area contributed by atoms with Crippen molar-refractivity contribution >= 4 is 5.91 Å². The number of ether oxygens (including phenoxy) is 2. The van der Waals surface area contributed by atoms with Crippen molar-refractivity contribution in [2.75, 3.05) is 13.7 Å². The molecule has 1 atom stereocenters. The predicted octanol–water partition coefficient (Wildman–Crippen LogP) is 1.63. The molecular weight excluding hydrogens is 268 g/mol. The van der Waals surface area contributed by atoms with Crippen LogP contribution in [0.2, 0.25) is 0 Å². The molecule has 1 aliphatic heterocycles. The number of likely N-dealkylation sites (N-methyl/N-ethyl adjacent to an activating group) is 1. The van der Waals surface area contributed by atoms with Crippen LogP contribution in [-0.2, 0) is 11.2 Å². The fourth-order valence-corrected chi connectivity index (χ4v) is 2.44. The molecule has 0 bridgehead atoms. The van der Waals surface area contributed by atoms with Crippen LogP contribution in [0.3, 0.4) is 0 Å². The van der Waals surface area contributed by atoms with Crippen molar-refractivity contribution in [2.45, 2.75) is 44.8 Å². The van der Waals surface area contributed by atoms with E-state index in [1.54, 1.807) is 14.0 Å². The molecule has 21 heavy (non-hydrogen) atoms. The minimum absolute atomic E-state index is 0.200. The van der Waals surface area contributed by atoms with Crippen molar-refractivity contribution in [3.8, 4) is 11.5 Å². The third kappa shape index (κ3) is 3.29. The minimum Gasteiger partial charge on any atom is -0.490 e. The van der Waals surface area contributed by atoms with Gasteiger partial charge in [-0.3, -0.25) is 4.79 Å². The molecule has 0 saturated heterocycles. The van der Waals surface area contributed by atoms with Gasteiger partial charge in [0.2, 0.25) is 5.91 Å². The first-order valence-electron chi connectivity index (χ1n) is 7.20. The number of hydrogen-bond acceptors (Lipinski definition) is 4. The normalized spacial score (nSPS) is 18.5. The molecule has 1 aromatic carbocycles. The summed E-state index contributed by atoms with van der Waals surface area (Å²) >= 11 is 0. The number of fused-ring (bicyclic) bond motifs is 1. The maximum absolute atomic E-state index is 11.4. The number of rotatable bonds is 6. The van der Waals surface area contributed by atoms with Crippen LogP contribution in [0, 0.1) is 0 Å². The molecular formula is C16H24N2O3. The Hall–Kier alpha value is -1.75. The van der Waals surface area contributed by atoms with Gasteiger partial charge in [-0.25, -0.2) is 0 Å². The first kappa shape index (κ1) is 15.6. The number of para-hydroxylation sites is 1. The number of benzene rings is 1. The zero-order valence-electron chi connectivity index (χ0n) is 13.2. The van der Waals surface area contributed by atoms with Crippen LogP contribution in [0.15, 0.2) is 18.2 Å². The molecule has 2 rings (SSSR count). The molecule has 1 aromatic rings. The number of carbonyl (C=O) groups excluding carboxylic acids is 1. The topological polar surface area (TPSA) is 73.6 Å². The largest absolute Gasteiger partial charge is 0.490 e. The first-order valence-corrected chi connectivity index (χ1v) is 7.20. The van der Waals surface area contributed by atoms with Crippen LogP contribution in [0.25, 0.3) is 0 Å². The van der Waals surface area contributed by atoms with Crippen LogP contribution < -0.4 is 20.5 Å². The standard InChI is InChI=1S/C16H24N2O3/c1-15(2)10-11-6-5-7-12(13(11)21-15)20-9-8-16(3,18-4)14(17)19/h5-7,18H,8-10H2,1-4H3,(H2,17,19). The smallest absolute Gasteiger partial charge is 0.237 e. The first-order chi connectivity index (χ1) is 9.77. The average Bonchev–Trinajstić information content (AvgIpc) is 2.73. The van der Waals surface area contributed by atoms with E-state index in [0.717, 1.165) is 23.5 Å². The van der Waals surface area contributed by atoms with Crippen molar-refractivity contribution in [1.82, 2.24) is 5.32 Å². The van der Waals surface area contributed by atoms with Crippen LogP contribution in [0.1, 0.15) is 32.8 Å². The third-order valence-corrected chi connectivity index (χ3v) is 4.01. The van der Waals surface area contributed by atoms with Crippen LogP contribution in [0.5, 0.6) is 11.5 Å². The molecule has 0 spiro atoms. The van der Waals surface area contributed by atoms with E-state index in [1.807, 2.05) is 12.1 Å². The van der Waals surface area contributed by atoms with E-state index in [1.165, 1.54) is 0 Å². The maximum atomic E-state index is 11.4. The Labute approximate surface area is 125 Å². The highest BCUT2D eigenvalue weighted by Crippen LogP contribution is 2.41. The van der Waals surface area contributed by atoms with Crippen molar-refractivity contribution < 1.29 is 14.3 Å². The van der Waals surface area contributed by atoms with Gasteiger partial charge >= 0.3 is 0 Å². The third-order valence-electron chi connectivity index (χ3n) is 4.01. The van der Waals surface area contributed by atoms with Crippen LogP contribution >= 0.6 is 0 Å². The second kappa shape index (κ2) is 5.56. The average molecular weight is 292 g/mol. The summed E-state index contributed by atoms with van der Waals surface area (Å²) in [6, 6.07) is 5.91. The fourth-order valence-electron chi connectivity index (χ4n) is 2.44. The predicted molar refractivity (Wildman–Crippen MR) is 81.6 cm³/mol. The Morgan fingerprint density at radius 1 is 1.52 bits per heavy atom. The van der Waals surface area contributed by atoms with Gasteiger partial charge in [0.15, 0.2) is 11.5 Å². The Balaban J connectivity index is 2.03. The molecule has 0 radical (unpaired) electrons. The minimum atomic E-state index is -0.766. The summed E-state index contributed by atoms with van der Waals surface area (Å²) in [7, 11) is 1.72. The van der Waals surface area contributed by atoms with E-state index in [-0.39, 0.29) is 11.5 Å². The number of hydrogen-bond donors (Lipinski definition) is 2. The van der Waals surface area contributed by atoms with Gasteiger partial charge in [0.1, 0.15) is 5.60 Å². The van der Waals surface area contributed by atoms with Gasteiger partial charge in [-0.15, -0.1) is 0 Å². The Bertz CT molecular complexity index is 542. The second-order valence-corrected chi connectivity index (χ2v) is 6.33. The highest BCUT2D eigenvalue weighted by Gasteiger charge is 2.33. The SMILES string of the molecule is CNC(C)(CCOc1cccc2c1OC(C)(C)C2)C(N)=O. The molecule has 1 aliphatic rings. The summed E-state index contributed by atoms with van der Waals surface area (Å²) in [5.41, 5.74) is 5.60. The number of nitrogens with one attached hydrogen (secondary N) is 1. The highest BCUT2D eigenvalue weighted by molar-refractivity contribution is 5.84.